The summed E-state index contributed by atoms with van der Waals surface area (Å²) >= 11 is 0. The maximum atomic E-state index is 13.4. The molecule has 5 nitrogen and oxygen atoms in total. The molecule has 108 valence electrons. The first-order chi connectivity index (χ1) is 9.47. The van der Waals surface area contributed by atoms with Crippen molar-refractivity contribution in [2.45, 2.75) is 13.0 Å². The summed E-state index contributed by atoms with van der Waals surface area (Å²) in [7, 11) is 0. The van der Waals surface area contributed by atoms with Gasteiger partial charge in [0.1, 0.15) is 11.6 Å². The number of carbonyl (C=O) groups is 2. The van der Waals surface area contributed by atoms with Crippen molar-refractivity contribution in [3.05, 3.63) is 35.4 Å². The largest absolute Gasteiger partial charge is 0.481 e. The van der Waals surface area contributed by atoms with Crippen molar-refractivity contribution >= 4 is 12.0 Å². The van der Waals surface area contributed by atoms with Gasteiger partial charge in [-0.1, -0.05) is 0 Å². The number of hydrogen-bond donors (Lipinski definition) is 2. The molecule has 0 bridgehead atoms. The lowest BCUT2D eigenvalue weighted by atomic mass is 10.1. The van der Waals surface area contributed by atoms with Gasteiger partial charge in [-0.15, -0.1) is 0 Å². The summed E-state index contributed by atoms with van der Waals surface area (Å²) in [6, 6.07) is 2.53. The van der Waals surface area contributed by atoms with Crippen molar-refractivity contribution in [1.29, 1.82) is 0 Å². The van der Waals surface area contributed by atoms with E-state index in [1.165, 1.54) is 4.90 Å². The Morgan fingerprint density at radius 2 is 2.15 bits per heavy atom. The van der Waals surface area contributed by atoms with Gasteiger partial charge in [-0.25, -0.2) is 13.6 Å². The highest BCUT2D eigenvalue weighted by Crippen LogP contribution is 2.16. The average Bonchev–Trinajstić information content (AvgIpc) is 2.89. The van der Waals surface area contributed by atoms with Crippen LogP contribution in [0.3, 0.4) is 0 Å². The van der Waals surface area contributed by atoms with Crippen LogP contribution in [0.15, 0.2) is 18.2 Å². The Bertz CT molecular complexity index is 536. The topological polar surface area (TPSA) is 69.6 Å². The van der Waals surface area contributed by atoms with E-state index in [4.69, 9.17) is 5.11 Å². The Labute approximate surface area is 114 Å². The molecule has 2 rings (SSSR count). The van der Waals surface area contributed by atoms with Gasteiger partial charge in [0.25, 0.3) is 0 Å². The van der Waals surface area contributed by atoms with Crippen molar-refractivity contribution < 1.29 is 23.5 Å². The van der Waals surface area contributed by atoms with Crippen LogP contribution in [0.5, 0.6) is 0 Å². The van der Waals surface area contributed by atoms with Gasteiger partial charge < -0.3 is 15.3 Å². The standard InChI is InChI=1S/C13H14F2N2O3/c14-10-1-2-11(15)9(5-10)6-16-13(20)17-4-3-8(7-17)12(18)19/h1-2,5,8H,3-4,6-7H2,(H,16,20)(H,18,19). The summed E-state index contributed by atoms with van der Waals surface area (Å²) in [6.45, 7) is 0.331. The van der Waals surface area contributed by atoms with E-state index in [9.17, 15) is 18.4 Å². The van der Waals surface area contributed by atoms with Gasteiger partial charge in [0, 0.05) is 25.2 Å². The van der Waals surface area contributed by atoms with Crippen LogP contribution in [0.2, 0.25) is 0 Å². The Balaban J connectivity index is 1.90. The van der Waals surface area contributed by atoms with Crippen molar-refractivity contribution in [2.24, 2.45) is 5.92 Å². The number of rotatable bonds is 3. The second kappa shape index (κ2) is 5.85. The van der Waals surface area contributed by atoms with Crippen LogP contribution in [0.1, 0.15) is 12.0 Å². The van der Waals surface area contributed by atoms with Gasteiger partial charge in [-0.2, -0.15) is 0 Å². The predicted molar refractivity (Wildman–Crippen MR) is 65.9 cm³/mol. The molecule has 1 heterocycles. The number of likely N-dealkylation sites (tertiary alicyclic amines) is 1. The molecule has 0 radical (unpaired) electrons. The second-order valence-electron chi connectivity index (χ2n) is 4.66. The third-order valence-corrected chi connectivity index (χ3v) is 3.26. The first-order valence-electron chi connectivity index (χ1n) is 6.17. The number of nitrogens with one attached hydrogen (secondary N) is 1. The lowest BCUT2D eigenvalue weighted by molar-refractivity contribution is -0.141. The van der Waals surface area contributed by atoms with E-state index in [0.29, 0.717) is 13.0 Å². The molecular formula is C13H14F2N2O3. The lowest BCUT2D eigenvalue weighted by Gasteiger charge is -2.16. The van der Waals surface area contributed by atoms with Crippen LogP contribution in [-0.4, -0.2) is 35.1 Å². The molecule has 1 atom stereocenters. The number of carboxylic acids is 1. The molecule has 1 unspecified atom stereocenters. The SMILES string of the molecule is O=C(O)C1CCN(C(=O)NCc2cc(F)ccc2F)C1. The number of halogens is 2. The minimum Gasteiger partial charge on any atom is -0.481 e. The van der Waals surface area contributed by atoms with E-state index in [-0.39, 0.29) is 18.7 Å². The molecule has 7 heteroatoms. The maximum absolute atomic E-state index is 13.4. The van der Waals surface area contributed by atoms with E-state index in [0.717, 1.165) is 18.2 Å². The van der Waals surface area contributed by atoms with Gasteiger partial charge in [-0.05, 0) is 24.6 Å². The van der Waals surface area contributed by atoms with E-state index >= 15 is 0 Å². The molecule has 1 aromatic carbocycles. The molecule has 2 N–H and O–H groups in total. The van der Waals surface area contributed by atoms with Crippen LogP contribution < -0.4 is 5.32 Å². The monoisotopic (exact) mass is 284 g/mol. The number of nitrogens with zero attached hydrogens (tertiary/aromatic N) is 1. The first-order valence-corrected chi connectivity index (χ1v) is 6.17. The van der Waals surface area contributed by atoms with Gasteiger partial charge in [0.15, 0.2) is 0 Å². The number of carbonyl (C=O) groups excluding carboxylic acids is 1. The average molecular weight is 284 g/mol. The van der Waals surface area contributed by atoms with Gasteiger partial charge in [-0.3, -0.25) is 4.79 Å². The van der Waals surface area contributed by atoms with Gasteiger partial charge in [0.2, 0.25) is 0 Å². The molecule has 1 fully saturated rings. The van der Waals surface area contributed by atoms with Crippen molar-refractivity contribution in [3.8, 4) is 0 Å². The molecule has 2 amide bonds. The fraction of sp³-hybridized carbons (Fsp3) is 0.385. The molecule has 0 aromatic heterocycles. The number of amides is 2. The smallest absolute Gasteiger partial charge is 0.317 e. The van der Waals surface area contributed by atoms with Crippen LogP contribution >= 0.6 is 0 Å². The summed E-state index contributed by atoms with van der Waals surface area (Å²) in [4.78, 5) is 23.9. The highest BCUT2D eigenvalue weighted by molar-refractivity contribution is 5.77. The molecule has 1 aromatic rings. The number of aliphatic carboxylic acids is 1. The van der Waals surface area contributed by atoms with Crippen molar-refractivity contribution in [1.82, 2.24) is 10.2 Å². The van der Waals surface area contributed by atoms with Crippen molar-refractivity contribution in [2.75, 3.05) is 13.1 Å². The lowest BCUT2D eigenvalue weighted by Crippen LogP contribution is -2.38. The minimum atomic E-state index is -0.934. The third-order valence-electron chi connectivity index (χ3n) is 3.26. The van der Waals surface area contributed by atoms with Crippen molar-refractivity contribution in [3.63, 3.8) is 0 Å². The molecule has 20 heavy (non-hydrogen) atoms. The summed E-state index contributed by atoms with van der Waals surface area (Å²) in [5.41, 5.74) is 0.0485. The van der Waals surface area contributed by atoms with Crippen LogP contribution in [0, 0.1) is 17.6 Å². The second-order valence-corrected chi connectivity index (χ2v) is 4.66. The normalized spacial score (nSPS) is 18.1. The molecule has 0 saturated carbocycles. The van der Waals surface area contributed by atoms with E-state index in [2.05, 4.69) is 5.32 Å². The Hall–Kier alpha value is -2.18. The summed E-state index contributed by atoms with van der Waals surface area (Å²) in [5.74, 6) is -2.68. The number of benzene rings is 1. The predicted octanol–water partition coefficient (Wildman–Crippen LogP) is 1.58. The summed E-state index contributed by atoms with van der Waals surface area (Å²) in [5, 5.41) is 11.3. The van der Waals surface area contributed by atoms with E-state index in [1.54, 1.807) is 0 Å². The summed E-state index contributed by atoms with van der Waals surface area (Å²) < 4.78 is 26.3. The fourth-order valence-electron chi connectivity index (χ4n) is 2.11. The van der Waals surface area contributed by atoms with Crippen LogP contribution in [0.25, 0.3) is 0 Å². The minimum absolute atomic E-state index is 0.0485. The zero-order valence-corrected chi connectivity index (χ0v) is 10.6. The Kier molecular flexibility index (Phi) is 4.16. The van der Waals surface area contributed by atoms with Gasteiger partial charge in [0.05, 0.1) is 5.92 Å². The van der Waals surface area contributed by atoms with Gasteiger partial charge >= 0.3 is 12.0 Å². The van der Waals surface area contributed by atoms with E-state index < -0.39 is 29.6 Å². The molecule has 1 aliphatic rings. The number of carboxylic acid groups (broad SMARTS) is 1. The maximum Gasteiger partial charge on any atom is 0.317 e. The third kappa shape index (κ3) is 3.23. The zero-order chi connectivity index (χ0) is 14.7. The molecule has 1 saturated heterocycles. The Morgan fingerprint density at radius 3 is 2.80 bits per heavy atom. The molecular weight excluding hydrogens is 270 g/mol. The number of hydrogen-bond acceptors (Lipinski definition) is 2. The number of urea groups is 1. The van der Waals surface area contributed by atoms with Crippen LogP contribution in [0.4, 0.5) is 13.6 Å². The molecule has 0 spiro atoms. The zero-order valence-electron chi connectivity index (χ0n) is 10.6. The fourth-order valence-corrected chi connectivity index (χ4v) is 2.11. The highest BCUT2D eigenvalue weighted by atomic mass is 19.1. The van der Waals surface area contributed by atoms with Crippen LogP contribution in [-0.2, 0) is 11.3 Å². The first kappa shape index (κ1) is 14.2. The molecule has 1 aliphatic heterocycles. The highest BCUT2D eigenvalue weighted by Gasteiger charge is 2.30. The molecule has 0 aliphatic carbocycles. The summed E-state index contributed by atoms with van der Waals surface area (Å²) in [6.07, 6.45) is 0.400. The Morgan fingerprint density at radius 1 is 1.40 bits per heavy atom. The quantitative estimate of drug-likeness (QED) is 0.885. The van der Waals surface area contributed by atoms with E-state index in [1.807, 2.05) is 0 Å².